The lowest BCUT2D eigenvalue weighted by Gasteiger charge is -2.22. The lowest BCUT2D eigenvalue weighted by molar-refractivity contribution is 0.616. The van der Waals surface area contributed by atoms with E-state index in [-0.39, 0.29) is 5.95 Å². The van der Waals surface area contributed by atoms with Crippen molar-refractivity contribution in [1.82, 2.24) is 15.3 Å². The highest BCUT2D eigenvalue weighted by Gasteiger charge is 2.27. The Labute approximate surface area is 144 Å². The molecule has 1 aliphatic rings. The van der Waals surface area contributed by atoms with Gasteiger partial charge < -0.3 is 21.7 Å². The lowest BCUT2D eigenvalue weighted by atomic mass is 10.1. The van der Waals surface area contributed by atoms with Gasteiger partial charge in [-0.2, -0.15) is 9.97 Å². The van der Waals surface area contributed by atoms with Crippen LogP contribution in [-0.2, 0) is 0 Å². The summed E-state index contributed by atoms with van der Waals surface area (Å²) in [6.45, 7) is 1.67. The van der Waals surface area contributed by atoms with Crippen LogP contribution in [0.3, 0.4) is 0 Å². The molecule has 1 aromatic carbocycles. The molecule has 1 atom stereocenters. The monoisotopic (exact) mass is 352 g/mol. The molecule has 6 nitrogen and oxygen atoms in total. The number of halogens is 2. The maximum Gasteiger partial charge on any atom is 0.223 e. The Morgan fingerprint density at radius 2 is 2.04 bits per heavy atom. The first-order chi connectivity index (χ1) is 11.0. The molecule has 5 N–H and O–H groups in total. The number of nitrogen functional groups attached to an aromatic ring is 2. The molecule has 23 heavy (non-hydrogen) atoms. The summed E-state index contributed by atoms with van der Waals surface area (Å²) in [5.74, 6) is 1.13. The van der Waals surface area contributed by atoms with Gasteiger partial charge in [-0.1, -0.05) is 35.3 Å². The van der Waals surface area contributed by atoms with Crippen LogP contribution >= 0.6 is 23.2 Å². The van der Waals surface area contributed by atoms with Gasteiger partial charge in [-0.15, -0.1) is 0 Å². The van der Waals surface area contributed by atoms with E-state index in [4.69, 9.17) is 34.7 Å². The fraction of sp³-hybridized carbons (Fsp3) is 0.333. The van der Waals surface area contributed by atoms with Crippen molar-refractivity contribution in [2.45, 2.75) is 12.5 Å². The minimum atomic E-state index is 0.146. The zero-order chi connectivity index (χ0) is 16.6. The molecule has 0 bridgehead atoms. The third kappa shape index (κ3) is 3.02. The van der Waals surface area contributed by atoms with E-state index in [9.17, 15) is 0 Å². The minimum absolute atomic E-state index is 0.146. The Hall–Kier alpha value is -1.76. The molecule has 3 rings (SSSR count). The van der Waals surface area contributed by atoms with Crippen LogP contribution in [0.4, 0.5) is 17.6 Å². The summed E-state index contributed by atoms with van der Waals surface area (Å²) in [5.41, 5.74) is 13.3. The summed E-state index contributed by atoms with van der Waals surface area (Å²) in [6, 6.07) is 5.81. The van der Waals surface area contributed by atoms with Gasteiger partial charge >= 0.3 is 0 Å². The van der Waals surface area contributed by atoms with Gasteiger partial charge in [0.25, 0.3) is 0 Å². The van der Waals surface area contributed by atoms with Crippen LogP contribution in [0.15, 0.2) is 18.2 Å². The number of likely N-dealkylation sites (N-methyl/N-ethyl adjacent to an activating group) is 1. The minimum Gasteiger partial charge on any atom is -0.383 e. The number of hydrogen-bond acceptors (Lipinski definition) is 6. The summed E-state index contributed by atoms with van der Waals surface area (Å²) >= 11 is 12.5. The zero-order valence-corrected chi connectivity index (χ0v) is 14.2. The van der Waals surface area contributed by atoms with Crippen molar-refractivity contribution in [3.63, 3.8) is 0 Å². The van der Waals surface area contributed by atoms with E-state index in [0.717, 1.165) is 19.5 Å². The number of anilines is 3. The molecule has 0 saturated carbocycles. The fourth-order valence-electron chi connectivity index (χ4n) is 2.86. The molecule has 1 aromatic heterocycles. The van der Waals surface area contributed by atoms with Crippen molar-refractivity contribution in [3.05, 3.63) is 28.2 Å². The second kappa shape index (κ2) is 6.39. The number of nitrogens with zero attached hydrogens (tertiary/aromatic N) is 3. The summed E-state index contributed by atoms with van der Waals surface area (Å²) in [5, 5.41) is 4.17. The maximum absolute atomic E-state index is 6.37. The second-order valence-electron chi connectivity index (χ2n) is 5.49. The standard InChI is InChI=1S/C15H18Cl2N6/c1-20-8-5-6-23(7-8)14-11(13(18)21-15(19)22-14)9-3-2-4-10(16)12(9)17/h2-4,8,20H,5-7H2,1H3,(H4,18,19,21,22)/t8-/m1/s1. The summed E-state index contributed by atoms with van der Waals surface area (Å²) in [4.78, 5) is 10.6. The van der Waals surface area contributed by atoms with Crippen molar-refractivity contribution in [1.29, 1.82) is 0 Å². The Kier molecular flexibility index (Phi) is 4.48. The molecule has 0 spiro atoms. The van der Waals surface area contributed by atoms with Gasteiger partial charge in [-0.05, 0) is 19.5 Å². The van der Waals surface area contributed by atoms with E-state index in [0.29, 0.717) is 38.8 Å². The molecule has 1 saturated heterocycles. The maximum atomic E-state index is 6.37. The third-order valence-electron chi connectivity index (χ3n) is 4.05. The van der Waals surface area contributed by atoms with Crippen molar-refractivity contribution in [2.24, 2.45) is 0 Å². The average molecular weight is 353 g/mol. The molecular weight excluding hydrogens is 335 g/mol. The van der Waals surface area contributed by atoms with Crippen LogP contribution in [0.25, 0.3) is 11.1 Å². The van der Waals surface area contributed by atoms with E-state index >= 15 is 0 Å². The topological polar surface area (TPSA) is 93.1 Å². The van der Waals surface area contributed by atoms with E-state index < -0.39 is 0 Å². The number of benzene rings is 1. The molecule has 1 fully saturated rings. The van der Waals surface area contributed by atoms with Crippen molar-refractivity contribution in [2.75, 3.05) is 36.5 Å². The van der Waals surface area contributed by atoms with Gasteiger partial charge in [0.05, 0.1) is 15.6 Å². The molecule has 1 aliphatic heterocycles. The van der Waals surface area contributed by atoms with Gasteiger partial charge in [0, 0.05) is 24.7 Å². The number of aromatic nitrogens is 2. The molecule has 0 aliphatic carbocycles. The smallest absolute Gasteiger partial charge is 0.223 e. The number of rotatable bonds is 3. The van der Waals surface area contributed by atoms with Gasteiger partial charge in [0.1, 0.15) is 11.6 Å². The summed E-state index contributed by atoms with van der Waals surface area (Å²) in [7, 11) is 1.95. The molecule has 2 heterocycles. The van der Waals surface area contributed by atoms with Crippen molar-refractivity contribution < 1.29 is 0 Å². The van der Waals surface area contributed by atoms with Gasteiger partial charge in [-0.25, -0.2) is 0 Å². The van der Waals surface area contributed by atoms with Crippen LogP contribution < -0.4 is 21.7 Å². The van der Waals surface area contributed by atoms with E-state index in [1.165, 1.54) is 0 Å². The Morgan fingerprint density at radius 1 is 1.26 bits per heavy atom. The van der Waals surface area contributed by atoms with Crippen LogP contribution in [0.5, 0.6) is 0 Å². The number of nitrogens with two attached hydrogens (primary N) is 2. The Bertz CT molecular complexity index is 736. The number of hydrogen-bond donors (Lipinski definition) is 3. The first kappa shape index (κ1) is 16.1. The fourth-order valence-corrected chi connectivity index (χ4v) is 3.25. The molecule has 8 heteroatoms. The normalized spacial score (nSPS) is 17.7. The average Bonchev–Trinajstić information content (AvgIpc) is 2.99. The Morgan fingerprint density at radius 3 is 2.74 bits per heavy atom. The molecule has 122 valence electrons. The van der Waals surface area contributed by atoms with Crippen LogP contribution in [-0.4, -0.2) is 36.1 Å². The molecule has 0 amide bonds. The molecular formula is C15H18Cl2N6. The molecule has 0 radical (unpaired) electrons. The van der Waals surface area contributed by atoms with E-state index in [1.54, 1.807) is 6.07 Å². The van der Waals surface area contributed by atoms with Gasteiger partial charge in [0.15, 0.2) is 0 Å². The molecule has 0 unspecified atom stereocenters. The van der Waals surface area contributed by atoms with Crippen LogP contribution in [0, 0.1) is 0 Å². The van der Waals surface area contributed by atoms with Gasteiger partial charge in [0.2, 0.25) is 5.95 Å². The second-order valence-corrected chi connectivity index (χ2v) is 6.27. The summed E-state index contributed by atoms with van der Waals surface area (Å²) < 4.78 is 0. The lowest BCUT2D eigenvalue weighted by Crippen LogP contribution is -2.30. The highest BCUT2D eigenvalue weighted by Crippen LogP contribution is 2.41. The number of nitrogens with one attached hydrogen (secondary N) is 1. The highest BCUT2D eigenvalue weighted by atomic mass is 35.5. The quantitative estimate of drug-likeness (QED) is 0.785. The summed E-state index contributed by atoms with van der Waals surface area (Å²) in [6.07, 6.45) is 1.02. The van der Waals surface area contributed by atoms with Crippen molar-refractivity contribution in [3.8, 4) is 11.1 Å². The van der Waals surface area contributed by atoms with Crippen LogP contribution in [0.2, 0.25) is 10.0 Å². The van der Waals surface area contributed by atoms with Gasteiger partial charge in [-0.3, -0.25) is 0 Å². The van der Waals surface area contributed by atoms with Crippen LogP contribution in [0.1, 0.15) is 6.42 Å². The Balaban J connectivity index is 2.15. The SMILES string of the molecule is CN[C@@H]1CCN(c2nc(N)nc(N)c2-c2cccc(Cl)c2Cl)C1. The third-order valence-corrected chi connectivity index (χ3v) is 4.87. The first-order valence-corrected chi connectivity index (χ1v) is 8.06. The zero-order valence-electron chi connectivity index (χ0n) is 12.7. The predicted octanol–water partition coefficient (Wildman–Crippen LogP) is 2.41. The largest absolute Gasteiger partial charge is 0.383 e. The predicted molar refractivity (Wildman–Crippen MR) is 96.0 cm³/mol. The first-order valence-electron chi connectivity index (χ1n) is 7.30. The molecule has 2 aromatic rings. The van der Waals surface area contributed by atoms with E-state index in [1.807, 2.05) is 19.2 Å². The van der Waals surface area contributed by atoms with Crippen molar-refractivity contribution >= 4 is 40.8 Å². The highest BCUT2D eigenvalue weighted by molar-refractivity contribution is 6.43. The van der Waals surface area contributed by atoms with E-state index in [2.05, 4.69) is 20.2 Å².